The van der Waals surface area contributed by atoms with E-state index in [2.05, 4.69) is 116 Å². The van der Waals surface area contributed by atoms with E-state index in [9.17, 15) is 14.0 Å². The van der Waals surface area contributed by atoms with E-state index in [1.165, 1.54) is 12.1 Å². The van der Waals surface area contributed by atoms with Crippen LogP contribution in [-0.2, 0) is 6.42 Å². The molecular formula is C40H48FNO4Si2. The number of fused-ring (bicyclic) bond motifs is 1. The van der Waals surface area contributed by atoms with E-state index in [1.807, 2.05) is 12.1 Å². The van der Waals surface area contributed by atoms with Gasteiger partial charge in [0.25, 0.3) is 11.8 Å². The van der Waals surface area contributed by atoms with E-state index in [1.54, 1.807) is 12.1 Å². The summed E-state index contributed by atoms with van der Waals surface area (Å²) in [4.78, 5) is 27.2. The highest BCUT2D eigenvalue weighted by molar-refractivity contribution is 6.75. The highest BCUT2D eigenvalue weighted by atomic mass is 28.4. The van der Waals surface area contributed by atoms with Crippen molar-refractivity contribution in [1.29, 1.82) is 0 Å². The fraction of sp³-hybridized carbons (Fsp3) is 0.350. The Labute approximate surface area is 287 Å². The molecule has 1 aliphatic rings. The molecule has 2 amide bonds. The Balaban J connectivity index is 1.43. The molecule has 8 heteroatoms. The largest absolute Gasteiger partial charge is 0.544 e. The molecule has 48 heavy (non-hydrogen) atoms. The highest BCUT2D eigenvalue weighted by Gasteiger charge is 2.40. The van der Waals surface area contributed by atoms with Crippen LogP contribution in [0.15, 0.2) is 91.0 Å². The third-order valence-corrected chi connectivity index (χ3v) is 19.1. The normalized spacial score (nSPS) is 14.0. The molecule has 0 fully saturated rings. The molecule has 4 aromatic rings. The maximum atomic E-state index is 13.8. The lowest BCUT2D eigenvalue weighted by Crippen LogP contribution is -2.43. The number of amides is 2. The number of benzene rings is 4. The van der Waals surface area contributed by atoms with Crippen molar-refractivity contribution in [3.63, 3.8) is 0 Å². The molecule has 0 aromatic heterocycles. The molecule has 0 saturated heterocycles. The third-order valence-electron chi connectivity index (χ3n) is 10.4. The van der Waals surface area contributed by atoms with Crippen molar-refractivity contribution >= 4 is 34.1 Å². The Morgan fingerprint density at radius 1 is 0.625 bits per heavy atom. The summed E-state index contributed by atoms with van der Waals surface area (Å²) in [6, 6.07) is 28.1. The first-order valence-corrected chi connectivity index (χ1v) is 22.4. The number of imide groups is 1. The van der Waals surface area contributed by atoms with Crippen LogP contribution in [0.5, 0.6) is 11.5 Å². The molecular weight excluding hydrogens is 634 g/mol. The second kappa shape index (κ2) is 12.8. The number of rotatable bonds is 9. The second-order valence-electron chi connectivity index (χ2n) is 15.9. The zero-order valence-corrected chi connectivity index (χ0v) is 31.9. The molecule has 0 atom stereocenters. The first-order chi connectivity index (χ1) is 22.3. The van der Waals surface area contributed by atoms with Crippen molar-refractivity contribution in [2.24, 2.45) is 0 Å². The molecule has 5 rings (SSSR count). The summed E-state index contributed by atoms with van der Waals surface area (Å²) in [6.45, 7) is 22.4. The topological polar surface area (TPSA) is 55.8 Å². The molecule has 0 saturated carbocycles. The van der Waals surface area contributed by atoms with Crippen molar-refractivity contribution in [1.82, 2.24) is 0 Å². The fourth-order valence-corrected chi connectivity index (χ4v) is 7.39. The van der Waals surface area contributed by atoms with Gasteiger partial charge in [-0.3, -0.25) is 9.59 Å². The number of nitrogens with zero attached hydrogens (tertiary/aromatic N) is 1. The van der Waals surface area contributed by atoms with Gasteiger partial charge in [-0.05, 0) is 114 Å². The van der Waals surface area contributed by atoms with Gasteiger partial charge >= 0.3 is 0 Å². The minimum atomic E-state index is -1.99. The van der Waals surface area contributed by atoms with Crippen molar-refractivity contribution in [2.45, 2.75) is 90.1 Å². The maximum Gasteiger partial charge on any atom is 0.266 e. The van der Waals surface area contributed by atoms with Gasteiger partial charge in [-0.2, -0.15) is 0 Å². The summed E-state index contributed by atoms with van der Waals surface area (Å²) >= 11 is 0. The number of carbonyl (C=O) groups excluding carboxylic acids is 2. The van der Waals surface area contributed by atoms with E-state index in [0.29, 0.717) is 12.1 Å². The molecule has 1 heterocycles. The second-order valence-corrected chi connectivity index (χ2v) is 25.4. The Morgan fingerprint density at radius 2 is 1.06 bits per heavy atom. The highest BCUT2D eigenvalue weighted by Crippen LogP contribution is 2.40. The smallest absolute Gasteiger partial charge is 0.266 e. The van der Waals surface area contributed by atoms with E-state index in [4.69, 9.17) is 8.85 Å². The summed E-state index contributed by atoms with van der Waals surface area (Å²) in [5.41, 5.74) is 4.12. The van der Waals surface area contributed by atoms with E-state index < -0.39 is 34.3 Å². The molecule has 4 aromatic carbocycles. The van der Waals surface area contributed by atoms with Crippen molar-refractivity contribution in [2.75, 3.05) is 4.90 Å². The fourth-order valence-electron chi connectivity index (χ4n) is 5.32. The maximum absolute atomic E-state index is 13.8. The average molecular weight is 682 g/mol. The Hall–Kier alpha value is -4.02. The molecule has 1 aliphatic heterocycles. The van der Waals surface area contributed by atoms with Crippen LogP contribution in [0.3, 0.4) is 0 Å². The van der Waals surface area contributed by atoms with E-state index in [0.717, 1.165) is 39.2 Å². The predicted molar refractivity (Wildman–Crippen MR) is 198 cm³/mol. The predicted octanol–water partition coefficient (Wildman–Crippen LogP) is 10.8. The summed E-state index contributed by atoms with van der Waals surface area (Å²) < 4.78 is 27.0. The standard InChI is InChI=1S/C40H48FNO4Si2/c1-39(2,3)47(7,8)45-32-20-13-28(14-21-32)35(29-15-22-33(23-16-29)46-48(9,10)40(4,5)6)25-27-11-18-31(19-12-27)42-37(43)34-24-17-30(41)26-36(34)38(42)44/h11-24,26,35H,25H2,1-10H3. The van der Waals surface area contributed by atoms with Crippen LogP contribution < -0.4 is 13.8 Å². The van der Waals surface area contributed by atoms with Crippen LogP contribution >= 0.6 is 0 Å². The zero-order valence-electron chi connectivity index (χ0n) is 29.9. The van der Waals surface area contributed by atoms with Gasteiger partial charge in [0.2, 0.25) is 16.6 Å². The van der Waals surface area contributed by atoms with E-state index >= 15 is 0 Å². The van der Waals surface area contributed by atoms with Crippen molar-refractivity contribution < 1.29 is 22.8 Å². The van der Waals surface area contributed by atoms with E-state index in [-0.39, 0.29) is 27.1 Å². The molecule has 0 spiro atoms. The van der Waals surface area contributed by atoms with Gasteiger partial charge in [-0.15, -0.1) is 0 Å². The monoisotopic (exact) mass is 681 g/mol. The summed E-state index contributed by atoms with van der Waals surface area (Å²) in [6.07, 6.45) is 0.693. The molecule has 0 aliphatic carbocycles. The number of carbonyl (C=O) groups is 2. The van der Waals surface area contributed by atoms with Crippen LogP contribution in [0.4, 0.5) is 10.1 Å². The Kier molecular flexibility index (Phi) is 9.40. The third kappa shape index (κ3) is 7.20. The number of anilines is 1. The lowest BCUT2D eigenvalue weighted by atomic mass is 9.86. The summed E-state index contributed by atoms with van der Waals surface area (Å²) in [7, 11) is -3.97. The molecule has 5 nitrogen and oxygen atoms in total. The Bertz CT molecular complexity index is 1730. The quantitative estimate of drug-likeness (QED) is 0.130. The van der Waals surface area contributed by atoms with Crippen molar-refractivity contribution in [3.05, 3.63) is 125 Å². The summed E-state index contributed by atoms with van der Waals surface area (Å²) in [5, 5.41) is 0.190. The zero-order chi connectivity index (χ0) is 35.2. The number of hydrogen-bond donors (Lipinski definition) is 0. The number of halogens is 1. The Morgan fingerprint density at radius 3 is 1.50 bits per heavy atom. The molecule has 0 N–H and O–H groups in total. The molecule has 252 valence electrons. The van der Waals surface area contributed by atoms with Gasteiger partial charge in [-0.1, -0.05) is 77.9 Å². The van der Waals surface area contributed by atoms with Gasteiger partial charge < -0.3 is 8.85 Å². The van der Waals surface area contributed by atoms with Gasteiger partial charge in [0, 0.05) is 5.92 Å². The summed E-state index contributed by atoms with van der Waals surface area (Å²) in [5.74, 6) is 0.292. The number of hydrogen-bond acceptors (Lipinski definition) is 4. The molecule has 0 bridgehead atoms. The van der Waals surface area contributed by atoms with Crippen LogP contribution in [0.1, 0.15) is 84.9 Å². The van der Waals surface area contributed by atoms with Gasteiger partial charge in [0.05, 0.1) is 16.8 Å². The molecule has 0 radical (unpaired) electrons. The van der Waals surface area contributed by atoms with Crippen LogP contribution in [0, 0.1) is 5.82 Å². The lowest BCUT2D eigenvalue weighted by Gasteiger charge is -2.36. The van der Waals surface area contributed by atoms with Crippen molar-refractivity contribution in [3.8, 4) is 11.5 Å². The van der Waals surface area contributed by atoms with Gasteiger partial charge in [0.1, 0.15) is 17.3 Å². The van der Waals surface area contributed by atoms with Gasteiger partial charge in [-0.25, -0.2) is 9.29 Å². The lowest BCUT2D eigenvalue weighted by molar-refractivity contribution is 0.0926. The first kappa shape index (κ1) is 35.3. The van der Waals surface area contributed by atoms with Crippen LogP contribution in [0.25, 0.3) is 0 Å². The first-order valence-electron chi connectivity index (χ1n) is 16.6. The van der Waals surface area contributed by atoms with Crippen LogP contribution in [-0.4, -0.2) is 28.4 Å². The van der Waals surface area contributed by atoms with Gasteiger partial charge in [0.15, 0.2) is 0 Å². The average Bonchev–Trinajstić information content (AvgIpc) is 3.24. The molecule has 0 unspecified atom stereocenters. The SMILES string of the molecule is CC(C)(C)[Si](C)(C)Oc1ccc(C(Cc2ccc(N3C(=O)c4ccc(F)cc4C3=O)cc2)c2ccc(O[Si](C)(C)C(C)(C)C)cc2)cc1. The minimum absolute atomic E-state index is 0.0296. The minimum Gasteiger partial charge on any atom is -0.544 e. The van der Waals surface area contributed by atoms with Crippen LogP contribution in [0.2, 0.25) is 36.3 Å².